The molecule has 0 fully saturated rings. The summed E-state index contributed by atoms with van der Waals surface area (Å²) in [6.45, 7) is 2.10. The molecule has 2 aromatic rings. The second-order valence-electron chi connectivity index (χ2n) is 7.01. The highest BCUT2D eigenvalue weighted by molar-refractivity contribution is 5.67. The first kappa shape index (κ1) is 18.9. The van der Waals surface area contributed by atoms with Crippen LogP contribution in [0.4, 0.5) is 22.0 Å². The van der Waals surface area contributed by atoms with Gasteiger partial charge in [0.05, 0.1) is 5.56 Å². The molecule has 0 heterocycles. The van der Waals surface area contributed by atoms with E-state index in [9.17, 15) is 22.0 Å². The third-order valence-electron chi connectivity index (χ3n) is 5.25. The van der Waals surface area contributed by atoms with Gasteiger partial charge in [-0.05, 0) is 54.0 Å². The maximum absolute atomic E-state index is 14.9. The molecule has 0 amide bonds. The maximum Gasteiger partial charge on any atom is 0.169 e. The normalized spacial score (nSPS) is 16.6. The lowest BCUT2D eigenvalue weighted by Gasteiger charge is -2.27. The quantitative estimate of drug-likeness (QED) is 0.312. The fourth-order valence-corrected chi connectivity index (χ4v) is 3.80. The fraction of sp³-hybridized carbons (Fsp3) is 0.429. The average molecular weight is 368 g/mol. The summed E-state index contributed by atoms with van der Waals surface area (Å²) in [5, 5.41) is 0. The van der Waals surface area contributed by atoms with E-state index >= 15 is 0 Å². The lowest BCUT2D eigenvalue weighted by Crippen LogP contribution is -2.19. The first-order valence-electron chi connectivity index (χ1n) is 9.07. The smallest absolute Gasteiger partial charge is 0.169 e. The van der Waals surface area contributed by atoms with Gasteiger partial charge in [-0.15, -0.1) is 0 Å². The molecule has 1 aliphatic carbocycles. The van der Waals surface area contributed by atoms with Gasteiger partial charge in [-0.3, -0.25) is 0 Å². The van der Waals surface area contributed by atoms with Gasteiger partial charge in [-0.25, -0.2) is 22.0 Å². The average Bonchev–Trinajstić information content (AvgIpc) is 2.63. The van der Waals surface area contributed by atoms with Crippen molar-refractivity contribution < 1.29 is 22.0 Å². The highest BCUT2D eigenvalue weighted by Crippen LogP contribution is 2.38. The first-order chi connectivity index (χ1) is 12.4. The molecule has 0 N–H and O–H groups in total. The summed E-state index contributed by atoms with van der Waals surface area (Å²) in [6.07, 6.45) is 5.47. The molecule has 1 unspecified atom stereocenters. The highest BCUT2D eigenvalue weighted by Gasteiger charge is 2.30. The molecule has 2 aromatic carbocycles. The van der Waals surface area contributed by atoms with Crippen LogP contribution in [0.15, 0.2) is 18.2 Å². The Hall–Kier alpha value is -1.91. The van der Waals surface area contributed by atoms with Gasteiger partial charge in [0, 0.05) is 0 Å². The summed E-state index contributed by atoms with van der Waals surface area (Å²) in [7, 11) is 0. The van der Waals surface area contributed by atoms with Crippen LogP contribution in [-0.2, 0) is 12.8 Å². The SMILES string of the molecule is CCCCCC1CCc2c(F)c(-c3ccc(F)c(F)c3)c(F)c(F)c2C1. The molecule has 0 spiro atoms. The van der Waals surface area contributed by atoms with Crippen molar-refractivity contribution in [1.82, 2.24) is 0 Å². The molecule has 1 atom stereocenters. The van der Waals surface area contributed by atoms with Gasteiger partial charge in [0.15, 0.2) is 23.3 Å². The van der Waals surface area contributed by atoms with Gasteiger partial charge in [0.25, 0.3) is 0 Å². The summed E-state index contributed by atoms with van der Waals surface area (Å²) >= 11 is 0. The van der Waals surface area contributed by atoms with E-state index < -0.39 is 34.6 Å². The van der Waals surface area contributed by atoms with Crippen LogP contribution in [0.25, 0.3) is 11.1 Å². The standard InChI is InChI=1S/C21H21F5/c1-2-3-4-5-12-6-8-14-15(10-12)20(25)21(26)18(19(14)24)13-7-9-16(22)17(23)11-13/h7,9,11-12H,2-6,8,10H2,1H3. The molecule has 3 rings (SSSR count). The van der Waals surface area contributed by atoms with Gasteiger partial charge in [-0.1, -0.05) is 38.7 Å². The summed E-state index contributed by atoms with van der Waals surface area (Å²) in [5.74, 6) is -5.39. The Morgan fingerprint density at radius 3 is 2.35 bits per heavy atom. The third kappa shape index (κ3) is 3.49. The summed E-state index contributed by atoms with van der Waals surface area (Å²) in [4.78, 5) is 0. The molecule has 0 saturated heterocycles. The Labute approximate surface area is 150 Å². The molecular formula is C21H21F5. The molecule has 0 aliphatic heterocycles. The number of hydrogen-bond acceptors (Lipinski definition) is 0. The van der Waals surface area contributed by atoms with Gasteiger partial charge in [-0.2, -0.15) is 0 Å². The first-order valence-corrected chi connectivity index (χ1v) is 9.07. The van der Waals surface area contributed by atoms with Crippen molar-refractivity contribution in [2.45, 2.75) is 51.9 Å². The molecule has 1 aliphatic rings. The molecule has 0 bridgehead atoms. The second-order valence-corrected chi connectivity index (χ2v) is 7.01. The van der Waals surface area contributed by atoms with E-state index in [4.69, 9.17) is 0 Å². The van der Waals surface area contributed by atoms with Crippen molar-refractivity contribution in [3.63, 3.8) is 0 Å². The van der Waals surface area contributed by atoms with E-state index in [-0.39, 0.29) is 22.6 Å². The number of unbranched alkanes of at least 4 members (excludes halogenated alkanes) is 2. The molecule has 5 heteroatoms. The lowest BCUT2D eigenvalue weighted by molar-refractivity contribution is 0.382. The molecule has 0 radical (unpaired) electrons. The largest absolute Gasteiger partial charge is 0.206 e. The molecule has 140 valence electrons. The topological polar surface area (TPSA) is 0 Å². The molecule has 0 saturated carbocycles. The zero-order valence-corrected chi connectivity index (χ0v) is 14.6. The minimum absolute atomic E-state index is 0.0964. The highest BCUT2D eigenvalue weighted by atomic mass is 19.2. The number of fused-ring (bicyclic) bond motifs is 1. The van der Waals surface area contributed by atoms with Gasteiger partial charge < -0.3 is 0 Å². The summed E-state index contributed by atoms with van der Waals surface area (Å²) in [5.41, 5.74) is -0.565. The van der Waals surface area contributed by atoms with Crippen LogP contribution >= 0.6 is 0 Å². The Bertz CT molecular complexity index is 813. The number of rotatable bonds is 5. The van der Waals surface area contributed by atoms with E-state index in [0.717, 1.165) is 44.2 Å². The molecular weight excluding hydrogens is 347 g/mol. The van der Waals surface area contributed by atoms with E-state index in [0.29, 0.717) is 18.9 Å². The number of benzene rings is 2. The van der Waals surface area contributed by atoms with Gasteiger partial charge in [0.1, 0.15) is 5.82 Å². The van der Waals surface area contributed by atoms with Crippen LogP contribution in [-0.4, -0.2) is 0 Å². The Morgan fingerprint density at radius 1 is 0.885 bits per heavy atom. The van der Waals surface area contributed by atoms with Crippen LogP contribution < -0.4 is 0 Å². The van der Waals surface area contributed by atoms with Crippen LogP contribution in [0.2, 0.25) is 0 Å². The van der Waals surface area contributed by atoms with E-state index in [2.05, 4.69) is 6.92 Å². The number of halogens is 5. The zero-order valence-electron chi connectivity index (χ0n) is 14.6. The van der Waals surface area contributed by atoms with Gasteiger partial charge >= 0.3 is 0 Å². The van der Waals surface area contributed by atoms with Crippen LogP contribution in [0, 0.1) is 35.0 Å². The predicted octanol–water partition coefficient (Wildman–Crippen LogP) is 6.73. The van der Waals surface area contributed by atoms with Crippen LogP contribution in [0.5, 0.6) is 0 Å². The molecule has 0 aromatic heterocycles. The molecule has 26 heavy (non-hydrogen) atoms. The van der Waals surface area contributed by atoms with E-state index in [1.165, 1.54) is 0 Å². The predicted molar refractivity (Wildman–Crippen MR) is 91.3 cm³/mol. The maximum atomic E-state index is 14.9. The van der Waals surface area contributed by atoms with Crippen molar-refractivity contribution in [3.05, 3.63) is 58.4 Å². The van der Waals surface area contributed by atoms with E-state index in [1.807, 2.05) is 0 Å². The van der Waals surface area contributed by atoms with Gasteiger partial charge in [0.2, 0.25) is 0 Å². The Balaban J connectivity index is 1.99. The van der Waals surface area contributed by atoms with Crippen molar-refractivity contribution >= 4 is 0 Å². The van der Waals surface area contributed by atoms with Crippen molar-refractivity contribution in [3.8, 4) is 11.1 Å². The van der Waals surface area contributed by atoms with Crippen molar-refractivity contribution in [2.75, 3.05) is 0 Å². The van der Waals surface area contributed by atoms with Crippen LogP contribution in [0.3, 0.4) is 0 Å². The second kappa shape index (κ2) is 7.77. The summed E-state index contributed by atoms with van der Waals surface area (Å²) < 4.78 is 70.7. The lowest BCUT2D eigenvalue weighted by atomic mass is 9.79. The fourth-order valence-electron chi connectivity index (χ4n) is 3.80. The minimum atomic E-state index is -1.33. The third-order valence-corrected chi connectivity index (χ3v) is 5.25. The van der Waals surface area contributed by atoms with E-state index in [1.54, 1.807) is 0 Å². The van der Waals surface area contributed by atoms with Crippen LogP contribution in [0.1, 0.15) is 50.2 Å². The minimum Gasteiger partial charge on any atom is -0.206 e. The van der Waals surface area contributed by atoms with Crippen molar-refractivity contribution in [2.24, 2.45) is 5.92 Å². The zero-order chi connectivity index (χ0) is 18.8. The summed E-state index contributed by atoms with van der Waals surface area (Å²) in [6, 6.07) is 2.53. The Morgan fingerprint density at radius 2 is 1.65 bits per heavy atom. The molecule has 0 nitrogen and oxygen atoms in total. The monoisotopic (exact) mass is 368 g/mol. The number of hydrogen-bond donors (Lipinski definition) is 0. The Kier molecular flexibility index (Phi) is 5.64. The van der Waals surface area contributed by atoms with Crippen molar-refractivity contribution in [1.29, 1.82) is 0 Å².